The van der Waals surface area contributed by atoms with Crippen molar-refractivity contribution in [3.8, 4) is 11.8 Å². The Kier molecular flexibility index (Phi) is 5.62. The number of rotatable bonds is 6. The van der Waals surface area contributed by atoms with Crippen molar-refractivity contribution in [2.24, 2.45) is 0 Å². The van der Waals surface area contributed by atoms with Gasteiger partial charge in [-0.2, -0.15) is 5.26 Å². The van der Waals surface area contributed by atoms with Gasteiger partial charge in [-0.15, -0.1) is 11.3 Å². The molecule has 1 heterocycles. The highest BCUT2D eigenvalue weighted by atomic mass is 32.1. The summed E-state index contributed by atoms with van der Waals surface area (Å²) < 4.78 is 5.61. The maximum Gasteiger partial charge on any atom is 0.266 e. The number of aromatic nitrogens is 1. The van der Waals surface area contributed by atoms with Crippen LogP contribution < -0.4 is 10.1 Å². The highest BCUT2D eigenvalue weighted by Crippen LogP contribution is 2.22. The van der Waals surface area contributed by atoms with Crippen LogP contribution in [0.4, 0.5) is 5.13 Å². The molecule has 1 N–H and O–H groups in total. The van der Waals surface area contributed by atoms with Crippen LogP contribution in [0.25, 0.3) is 0 Å². The molecule has 1 aromatic heterocycles. The summed E-state index contributed by atoms with van der Waals surface area (Å²) in [5, 5.41) is 12.1. The number of nitriles is 1. The topological polar surface area (TPSA) is 75.0 Å². The van der Waals surface area contributed by atoms with E-state index in [4.69, 9.17) is 10.00 Å². The molecule has 3 rings (SSSR count). The maximum atomic E-state index is 12.3. The third kappa shape index (κ3) is 4.68. The predicted molar refractivity (Wildman–Crippen MR) is 101 cm³/mol. The molecule has 1 amide bonds. The van der Waals surface area contributed by atoms with Crippen molar-refractivity contribution >= 4 is 22.4 Å². The van der Waals surface area contributed by atoms with Gasteiger partial charge in [0.2, 0.25) is 0 Å². The van der Waals surface area contributed by atoms with Crippen LogP contribution in [-0.4, -0.2) is 17.0 Å². The smallest absolute Gasteiger partial charge is 0.266 e. The van der Waals surface area contributed by atoms with E-state index < -0.39 is 6.10 Å². The molecule has 130 valence electrons. The number of hydrogen-bond donors (Lipinski definition) is 1. The highest BCUT2D eigenvalue weighted by Gasteiger charge is 2.16. The molecule has 5 nitrogen and oxygen atoms in total. The van der Waals surface area contributed by atoms with Crippen LogP contribution in [0.3, 0.4) is 0 Å². The number of amides is 1. The zero-order valence-electron chi connectivity index (χ0n) is 14.2. The maximum absolute atomic E-state index is 12.3. The average Bonchev–Trinajstić information content (AvgIpc) is 3.10. The number of carbonyl (C=O) groups excluding carboxylic acids is 1. The molecule has 6 heteroatoms. The van der Waals surface area contributed by atoms with Crippen molar-refractivity contribution in [1.29, 1.82) is 5.26 Å². The van der Waals surface area contributed by atoms with Crippen LogP contribution in [-0.2, 0) is 11.2 Å². The first-order chi connectivity index (χ1) is 12.6. The van der Waals surface area contributed by atoms with Gasteiger partial charge in [0.15, 0.2) is 11.2 Å². The van der Waals surface area contributed by atoms with E-state index in [0.29, 0.717) is 16.4 Å². The van der Waals surface area contributed by atoms with Gasteiger partial charge in [-0.1, -0.05) is 30.3 Å². The van der Waals surface area contributed by atoms with Crippen molar-refractivity contribution in [2.75, 3.05) is 5.32 Å². The zero-order chi connectivity index (χ0) is 18.4. The second-order valence-corrected chi connectivity index (χ2v) is 6.79. The van der Waals surface area contributed by atoms with E-state index in [0.717, 1.165) is 11.3 Å². The second kappa shape index (κ2) is 8.28. The molecule has 0 radical (unpaired) electrons. The van der Waals surface area contributed by atoms with Gasteiger partial charge < -0.3 is 4.74 Å². The van der Waals surface area contributed by atoms with Gasteiger partial charge in [0.1, 0.15) is 5.75 Å². The van der Waals surface area contributed by atoms with E-state index in [2.05, 4.69) is 22.4 Å². The molecule has 0 bridgehead atoms. The van der Waals surface area contributed by atoms with Crippen molar-refractivity contribution in [1.82, 2.24) is 4.98 Å². The first kappa shape index (κ1) is 17.6. The molecule has 3 aromatic rings. The Labute approximate surface area is 155 Å². The third-order valence-corrected chi connectivity index (χ3v) is 4.58. The fourth-order valence-corrected chi connectivity index (χ4v) is 3.17. The van der Waals surface area contributed by atoms with E-state index in [1.54, 1.807) is 37.4 Å². The summed E-state index contributed by atoms with van der Waals surface area (Å²) in [7, 11) is 0. The van der Waals surface area contributed by atoms with E-state index in [-0.39, 0.29) is 5.91 Å². The molecule has 0 saturated heterocycles. The van der Waals surface area contributed by atoms with Crippen molar-refractivity contribution in [3.05, 3.63) is 76.8 Å². The fourth-order valence-electron chi connectivity index (χ4n) is 2.32. The Balaban J connectivity index is 1.56. The number of thiazole rings is 1. The molecule has 1 atom stereocenters. The standard InChI is InChI=1S/C20H17N3O2S/c1-14(25-17-9-7-16(12-21)8-10-17)19(24)23-20-22-13-18(26-20)11-15-5-3-2-4-6-15/h2-10,13-14H,11H2,1H3,(H,22,23,24). The quantitative estimate of drug-likeness (QED) is 0.718. The van der Waals surface area contributed by atoms with Gasteiger partial charge in [0, 0.05) is 17.5 Å². The van der Waals surface area contributed by atoms with E-state index >= 15 is 0 Å². The van der Waals surface area contributed by atoms with Crippen molar-refractivity contribution in [3.63, 3.8) is 0 Å². The summed E-state index contributed by atoms with van der Waals surface area (Å²) >= 11 is 1.45. The fraction of sp³-hybridized carbons (Fsp3) is 0.150. The predicted octanol–water partition coefficient (Wildman–Crippen LogP) is 4.01. The molecule has 0 aliphatic rings. The lowest BCUT2D eigenvalue weighted by Gasteiger charge is -2.13. The summed E-state index contributed by atoms with van der Waals surface area (Å²) in [6.07, 6.45) is 1.88. The van der Waals surface area contributed by atoms with E-state index in [1.807, 2.05) is 24.3 Å². The Hall–Kier alpha value is -3.17. The van der Waals surface area contributed by atoms with Crippen LogP contribution in [0.15, 0.2) is 60.8 Å². The Morgan fingerprint density at radius 1 is 1.23 bits per heavy atom. The van der Waals surface area contributed by atoms with Crippen LogP contribution >= 0.6 is 11.3 Å². The van der Waals surface area contributed by atoms with Crippen LogP contribution in [0, 0.1) is 11.3 Å². The van der Waals surface area contributed by atoms with Crippen LogP contribution in [0.5, 0.6) is 5.75 Å². The lowest BCUT2D eigenvalue weighted by molar-refractivity contribution is -0.122. The minimum absolute atomic E-state index is 0.269. The highest BCUT2D eigenvalue weighted by molar-refractivity contribution is 7.15. The molecule has 0 fully saturated rings. The summed E-state index contributed by atoms with van der Waals surface area (Å²) in [4.78, 5) is 17.6. The number of hydrogen-bond acceptors (Lipinski definition) is 5. The summed E-state index contributed by atoms with van der Waals surface area (Å²) in [5.41, 5.74) is 1.75. The van der Waals surface area contributed by atoms with E-state index in [9.17, 15) is 4.79 Å². The van der Waals surface area contributed by atoms with Gasteiger partial charge in [0.25, 0.3) is 5.91 Å². The Morgan fingerprint density at radius 2 is 1.96 bits per heavy atom. The van der Waals surface area contributed by atoms with Crippen molar-refractivity contribution < 1.29 is 9.53 Å². The molecule has 0 spiro atoms. The van der Waals surface area contributed by atoms with E-state index in [1.165, 1.54) is 16.9 Å². The summed E-state index contributed by atoms with van der Waals surface area (Å²) in [6, 6.07) is 18.8. The SMILES string of the molecule is CC(Oc1ccc(C#N)cc1)C(=O)Nc1ncc(Cc2ccccc2)s1. The zero-order valence-corrected chi connectivity index (χ0v) is 15.0. The Morgan fingerprint density at radius 3 is 2.65 bits per heavy atom. The first-order valence-corrected chi connectivity index (χ1v) is 8.92. The molecule has 26 heavy (non-hydrogen) atoms. The number of carbonyl (C=O) groups is 1. The minimum Gasteiger partial charge on any atom is -0.481 e. The number of nitrogens with zero attached hydrogens (tertiary/aromatic N) is 2. The van der Waals surface area contributed by atoms with Gasteiger partial charge in [-0.25, -0.2) is 4.98 Å². The average molecular weight is 363 g/mol. The second-order valence-electron chi connectivity index (χ2n) is 5.68. The number of anilines is 1. The lowest BCUT2D eigenvalue weighted by atomic mass is 10.1. The third-order valence-electron chi connectivity index (χ3n) is 3.67. The summed E-state index contributed by atoms with van der Waals surface area (Å²) in [6.45, 7) is 1.67. The number of benzene rings is 2. The van der Waals surface area contributed by atoms with Gasteiger partial charge in [0.05, 0.1) is 11.6 Å². The molecule has 1 unspecified atom stereocenters. The van der Waals surface area contributed by atoms with Crippen LogP contribution in [0.1, 0.15) is 22.9 Å². The summed E-state index contributed by atoms with van der Waals surface area (Å²) in [5.74, 6) is 0.269. The van der Waals surface area contributed by atoms with Crippen molar-refractivity contribution in [2.45, 2.75) is 19.4 Å². The first-order valence-electron chi connectivity index (χ1n) is 8.10. The monoisotopic (exact) mass is 363 g/mol. The molecular weight excluding hydrogens is 346 g/mol. The van der Waals surface area contributed by atoms with Gasteiger partial charge in [-0.3, -0.25) is 10.1 Å². The molecule has 0 aliphatic carbocycles. The molecule has 0 aliphatic heterocycles. The molecule has 2 aromatic carbocycles. The largest absolute Gasteiger partial charge is 0.481 e. The van der Waals surface area contributed by atoms with Gasteiger partial charge >= 0.3 is 0 Å². The Bertz CT molecular complexity index is 914. The number of nitrogens with one attached hydrogen (secondary N) is 1. The lowest BCUT2D eigenvalue weighted by Crippen LogP contribution is -2.30. The van der Waals surface area contributed by atoms with Crippen LogP contribution in [0.2, 0.25) is 0 Å². The molecule has 0 saturated carbocycles. The number of ether oxygens (including phenoxy) is 1. The molecular formula is C20H17N3O2S. The normalized spacial score (nSPS) is 11.4. The minimum atomic E-state index is -0.676. The van der Waals surface area contributed by atoms with Gasteiger partial charge in [-0.05, 0) is 36.8 Å².